The largest absolute Gasteiger partial charge is 0.497 e. The van der Waals surface area contributed by atoms with Crippen molar-refractivity contribution in [2.24, 2.45) is 10.7 Å². The van der Waals surface area contributed by atoms with Gasteiger partial charge in [0.2, 0.25) is 0 Å². The first-order valence-electron chi connectivity index (χ1n) is 9.40. The number of hydrogen-bond donors (Lipinski definition) is 1. The Morgan fingerprint density at radius 1 is 1.14 bits per heavy atom. The number of nitrogens with zero attached hydrogens (tertiary/aromatic N) is 1. The lowest BCUT2D eigenvalue weighted by Crippen LogP contribution is -2.30. The number of methoxy groups -OCH3 is 2. The maximum absolute atomic E-state index is 14.9. The number of aliphatic imine (C=N–C) groups is 1. The van der Waals surface area contributed by atoms with Crippen molar-refractivity contribution < 1.29 is 18.6 Å². The van der Waals surface area contributed by atoms with Crippen LogP contribution in [0.5, 0.6) is 11.5 Å². The summed E-state index contributed by atoms with van der Waals surface area (Å²) < 4.78 is 30.8. The number of rotatable bonds is 5. The van der Waals surface area contributed by atoms with Gasteiger partial charge in [-0.25, -0.2) is 9.38 Å². The number of halogens is 1. The van der Waals surface area contributed by atoms with Crippen molar-refractivity contribution in [2.75, 3.05) is 20.8 Å². The fourth-order valence-electron chi connectivity index (χ4n) is 3.97. The van der Waals surface area contributed by atoms with E-state index in [1.54, 1.807) is 25.3 Å². The highest BCUT2D eigenvalue weighted by Gasteiger charge is 2.42. The van der Waals surface area contributed by atoms with E-state index < -0.39 is 5.54 Å². The van der Waals surface area contributed by atoms with Gasteiger partial charge in [-0.2, -0.15) is 0 Å². The van der Waals surface area contributed by atoms with Crippen molar-refractivity contribution in [2.45, 2.75) is 17.9 Å². The second kappa shape index (κ2) is 7.62. The van der Waals surface area contributed by atoms with Gasteiger partial charge in [-0.1, -0.05) is 42.5 Å². The van der Waals surface area contributed by atoms with Crippen molar-refractivity contribution in [3.05, 3.63) is 83.2 Å². The highest BCUT2D eigenvalue weighted by molar-refractivity contribution is 5.75. The molecule has 0 spiro atoms. The molecule has 0 radical (unpaired) electrons. The number of amidine groups is 1. The molecule has 1 aliphatic carbocycles. The average Bonchev–Trinajstić information content (AvgIpc) is 3.17. The van der Waals surface area contributed by atoms with E-state index in [9.17, 15) is 4.39 Å². The smallest absolute Gasteiger partial charge is 0.283 e. The lowest BCUT2D eigenvalue weighted by molar-refractivity contribution is 0.272. The Hall–Kier alpha value is -3.28. The fraction of sp³-hybridized carbons (Fsp3) is 0.261. The normalized spacial score (nSPS) is 23.2. The van der Waals surface area contributed by atoms with E-state index in [-0.39, 0.29) is 23.5 Å². The number of allylic oxidation sites excluding steroid dienone is 3. The molecule has 0 amide bonds. The first-order valence-corrected chi connectivity index (χ1v) is 9.40. The molecule has 0 fully saturated rings. The second-order valence-electron chi connectivity index (χ2n) is 7.08. The summed E-state index contributed by atoms with van der Waals surface area (Å²) >= 11 is 0. The van der Waals surface area contributed by atoms with E-state index >= 15 is 0 Å². The minimum absolute atomic E-state index is 0.141. The highest BCUT2D eigenvalue weighted by Crippen LogP contribution is 2.45. The monoisotopic (exact) mass is 394 g/mol. The molecular formula is C23H23FN2O3. The molecule has 0 bridgehead atoms. The van der Waals surface area contributed by atoms with Crippen molar-refractivity contribution in [3.63, 3.8) is 0 Å². The SMILES string of the molecule is COc1ccc(C2(C3=CC=CC(c4cccc(OC)c4F)C3)COC(N)=N2)cc1. The predicted molar refractivity (Wildman–Crippen MR) is 110 cm³/mol. The molecule has 2 aromatic rings. The van der Waals surface area contributed by atoms with Gasteiger partial charge in [0.25, 0.3) is 6.02 Å². The minimum atomic E-state index is -0.741. The molecule has 1 aliphatic heterocycles. The van der Waals surface area contributed by atoms with Gasteiger partial charge in [0, 0.05) is 5.92 Å². The minimum Gasteiger partial charge on any atom is -0.497 e. The molecule has 2 unspecified atom stereocenters. The predicted octanol–water partition coefficient (Wildman–Crippen LogP) is 4.05. The van der Waals surface area contributed by atoms with Crippen molar-refractivity contribution in [3.8, 4) is 11.5 Å². The Balaban J connectivity index is 1.71. The third-order valence-corrected chi connectivity index (χ3v) is 5.52. The van der Waals surface area contributed by atoms with Crippen LogP contribution in [0.3, 0.4) is 0 Å². The molecule has 2 N–H and O–H groups in total. The number of benzene rings is 2. The fourth-order valence-corrected chi connectivity index (χ4v) is 3.97. The molecule has 0 aromatic heterocycles. The third kappa shape index (κ3) is 3.35. The Kier molecular flexibility index (Phi) is 5.01. The van der Waals surface area contributed by atoms with Crippen LogP contribution < -0.4 is 15.2 Å². The summed E-state index contributed by atoms with van der Waals surface area (Å²) in [4.78, 5) is 4.66. The van der Waals surface area contributed by atoms with Gasteiger partial charge in [-0.3, -0.25) is 0 Å². The van der Waals surface area contributed by atoms with E-state index in [0.717, 1.165) is 16.9 Å². The van der Waals surface area contributed by atoms with Crippen LogP contribution in [-0.4, -0.2) is 26.8 Å². The van der Waals surface area contributed by atoms with Crippen molar-refractivity contribution in [1.29, 1.82) is 0 Å². The summed E-state index contributed by atoms with van der Waals surface area (Å²) in [7, 11) is 3.09. The quantitative estimate of drug-likeness (QED) is 0.831. The van der Waals surface area contributed by atoms with E-state index in [1.165, 1.54) is 7.11 Å². The summed E-state index contributed by atoms with van der Waals surface area (Å²) in [5, 5.41) is 0. The number of ether oxygens (including phenoxy) is 3. The molecule has 150 valence electrons. The van der Waals surface area contributed by atoms with E-state index in [1.807, 2.05) is 42.5 Å². The molecule has 1 heterocycles. The van der Waals surface area contributed by atoms with Crippen LogP contribution in [0.4, 0.5) is 4.39 Å². The van der Waals surface area contributed by atoms with Crippen LogP contribution in [-0.2, 0) is 10.3 Å². The first-order chi connectivity index (χ1) is 14.1. The Morgan fingerprint density at radius 2 is 1.93 bits per heavy atom. The molecule has 6 heteroatoms. The van der Waals surface area contributed by atoms with Crippen LogP contribution in [0, 0.1) is 5.82 Å². The Bertz CT molecular complexity index is 998. The van der Waals surface area contributed by atoms with Gasteiger partial charge in [0.15, 0.2) is 11.6 Å². The molecular weight excluding hydrogens is 371 g/mol. The van der Waals surface area contributed by atoms with Crippen LogP contribution in [0.1, 0.15) is 23.5 Å². The molecule has 0 saturated carbocycles. The molecule has 4 rings (SSSR count). The average molecular weight is 394 g/mol. The van der Waals surface area contributed by atoms with E-state index in [0.29, 0.717) is 18.6 Å². The molecule has 2 aromatic carbocycles. The third-order valence-electron chi connectivity index (χ3n) is 5.52. The van der Waals surface area contributed by atoms with Gasteiger partial charge in [0.1, 0.15) is 17.9 Å². The lowest BCUT2D eigenvalue weighted by atomic mass is 9.76. The summed E-state index contributed by atoms with van der Waals surface area (Å²) in [6.07, 6.45) is 6.54. The second-order valence-corrected chi connectivity index (χ2v) is 7.08. The maximum Gasteiger partial charge on any atom is 0.283 e. The zero-order valence-corrected chi connectivity index (χ0v) is 16.4. The lowest BCUT2D eigenvalue weighted by Gasteiger charge is -2.31. The summed E-state index contributed by atoms with van der Waals surface area (Å²) in [5.41, 5.74) is 7.71. The summed E-state index contributed by atoms with van der Waals surface area (Å²) in [6.45, 7) is 0.304. The van der Waals surface area contributed by atoms with Gasteiger partial charge in [-0.05, 0) is 41.3 Å². The van der Waals surface area contributed by atoms with Crippen molar-refractivity contribution >= 4 is 6.02 Å². The van der Waals surface area contributed by atoms with Gasteiger partial charge in [-0.15, -0.1) is 0 Å². The highest BCUT2D eigenvalue weighted by atomic mass is 19.1. The van der Waals surface area contributed by atoms with Crippen molar-refractivity contribution in [1.82, 2.24) is 0 Å². The maximum atomic E-state index is 14.9. The Morgan fingerprint density at radius 3 is 2.59 bits per heavy atom. The molecule has 29 heavy (non-hydrogen) atoms. The number of hydrogen-bond acceptors (Lipinski definition) is 5. The van der Waals surface area contributed by atoms with Gasteiger partial charge < -0.3 is 19.9 Å². The van der Waals surface area contributed by atoms with Gasteiger partial charge >= 0.3 is 0 Å². The summed E-state index contributed by atoms with van der Waals surface area (Å²) in [6, 6.07) is 13.1. The van der Waals surface area contributed by atoms with Gasteiger partial charge in [0.05, 0.1) is 14.2 Å². The van der Waals surface area contributed by atoms with Crippen LogP contribution >= 0.6 is 0 Å². The summed E-state index contributed by atoms with van der Waals surface area (Å²) in [5.74, 6) is 0.518. The zero-order valence-electron chi connectivity index (χ0n) is 16.4. The molecule has 2 aliphatic rings. The topological polar surface area (TPSA) is 66.1 Å². The molecule has 0 saturated heterocycles. The van der Waals surface area contributed by atoms with E-state index in [2.05, 4.69) is 4.99 Å². The van der Waals surface area contributed by atoms with Crippen LogP contribution in [0.25, 0.3) is 0 Å². The van der Waals surface area contributed by atoms with Crippen LogP contribution in [0.2, 0.25) is 0 Å². The molecule has 2 atom stereocenters. The standard InChI is InChI=1S/C23H23FN2O3/c1-27-18-11-9-16(10-12-18)23(14-29-22(25)26-23)17-6-3-5-15(13-17)19-7-4-8-20(28-2)21(19)24/h3-12,15H,13-14H2,1-2H3,(H2,25,26). The van der Waals surface area contributed by atoms with E-state index in [4.69, 9.17) is 19.9 Å². The number of nitrogens with two attached hydrogens (primary N) is 1. The van der Waals surface area contributed by atoms with Crippen LogP contribution in [0.15, 0.2) is 71.3 Å². The Labute approximate surface area is 169 Å². The zero-order chi connectivity index (χ0) is 20.4. The molecule has 5 nitrogen and oxygen atoms in total. The first kappa shape index (κ1) is 19.1.